The zero-order valence-corrected chi connectivity index (χ0v) is 23.5. The van der Waals surface area contributed by atoms with Gasteiger partial charge in [-0.15, -0.1) is 22.6 Å². The molecule has 38 heavy (non-hydrogen) atoms. The fourth-order valence-corrected chi connectivity index (χ4v) is 3.78. The van der Waals surface area contributed by atoms with E-state index < -0.39 is 6.09 Å². The molecule has 3 rings (SSSR count). The number of methoxy groups -OCH3 is 1. The van der Waals surface area contributed by atoms with E-state index in [0.29, 0.717) is 40.4 Å². The molecular formula is C25H35ClN6O6. The molecule has 2 heterocycles. The number of aromatic nitrogens is 4. The Balaban J connectivity index is 0.00000507. The van der Waals surface area contributed by atoms with Gasteiger partial charge in [0.05, 0.1) is 13.7 Å². The lowest BCUT2D eigenvalue weighted by atomic mass is 9.84. The third-order valence-electron chi connectivity index (χ3n) is 5.48. The van der Waals surface area contributed by atoms with E-state index in [-0.39, 0.29) is 49.2 Å². The summed E-state index contributed by atoms with van der Waals surface area (Å²) in [5, 5.41) is 20.7. The quantitative estimate of drug-likeness (QED) is 0.387. The van der Waals surface area contributed by atoms with Crippen molar-refractivity contribution >= 4 is 29.9 Å². The molecule has 0 bridgehead atoms. The topological polar surface area (TPSA) is 142 Å². The second-order valence-electron chi connectivity index (χ2n) is 9.30. The number of carbonyl (C=O) groups excluding carboxylic acids is 2. The van der Waals surface area contributed by atoms with Crippen LogP contribution < -0.4 is 25.1 Å². The normalized spacial score (nSPS) is 11.7. The molecule has 0 aliphatic carbocycles. The van der Waals surface area contributed by atoms with E-state index in [1.807, 2.05) is 20.8 Å². The average Bonchev–Trinajstić information content (AvgIpc) is 3.18. The van der Waals surface area contributed by atoms with Crippen LogP contribution in [0.15, 0.2) is 23.2 Å². The number of benzene rings is 1. The van der Waals surface area contributed by atoms with Gasteiger partial charge in [0, 0.05) is 36.3 Å². The number of Topliss-reactive ketones (excluding diaryl/α,β-unsaturated/α-hetero) is 1. The maximum atomic E-state index is 13.5. The van der Waals surface area contributed by atoms with E-state index in [4.69, 9.17) is 14.2 Å². The van der Waals surface area contributed by atoms with Gasteiger partial charge in [0.25, 0.3) is 0 Å². The number of aliphatic hydroxyl groups is 1. The Kier molecular flexibility index (Phi) is 10.3. The van der Waals surface area contributed by atoms with Crippen molar-refractivity contribution in [2.45, 2.75) is 46.6 Å². The summed E-state index contributed by atoms with van der Waals surface area (Å²) >= 11 is 0. The summed E-state index contributed by atoms with van der Waals surface area (Å²) in [6.07, 6.45) is -0.625. The molecule has 0 atom stereocenters. The highest BCUT2D eigenvalue weighted by atomic mass is 35.5. The minimum absolute atomic E-state index is 0. The highest BCUT2D eigenvalue weighted by Crippen LogP contribution is 2.40. The first-order chi connectivity index (χ1) is 17.5. The number of amides is 1. The van der Waals surface area contributed by atoms with Crippen LogP contribution in [-0.4, -0.2) is 70.3 Å². The number of rotatable bonds is 9. The number of fused-ring (bicyclic) bond motifs is 1. The van der Waals surface area contributed by atoms with Gasteiger partial charge in [-0.05, 0) is 31.4 Å². The van der Waals surface area contributed by atoms with E-state index >= 15 is 0 Å². The van der Waals surface area contributed by atoms with Gasteiger partial charge in [-0.2, -0.15) is 4.52 Å². The number of ether oxygens (including phenoxy) is 3. The maximum Gasteiger partial charge on any atom is 0.413 e. The van der Waals surface area contributed by atoms with E-state index in [2.05, 4.69) is 20.5 Å². The number of hydrogen-bond donors (Lipinski definition) is 2. The standard InChI is InChI=1S/C25H34N6O6.ClH/c1-8-27-24(34)37-20-11-15(2)22-29-30(23(26-6)31(22)28-20)14-18(33)16-12-17(25(3,4)5)21(35-7)19(13-16)36-10-9-32;/h11-13,32H,8-10,14H2,1-7H3,(H,27,34);1H/b26-23+;. The third-order valence-corrected chi connectivity index (χ3v) is 5.48. The molecule has 0 saturated carbocycles. The molecule has 13 heteroatoms. The Hall–Kier alpha value is -3.64. The number of hydrogen-bond acceptors (Lipinski definition) is 9. The van der Waals surface area contributed by atoms with Gasteiger partial charge in [0.15, 0.2) is 22.9 Å². The predicted octanol–water partition coefficient (Wildman–Crippen LogP) is 2.46. The van der Waals surface area contributed by atoms with Crippen molar-refractivity contribution in [3.63, 3.8) is 0 Å². The molecule has 0 aliphatic rings. The van der Waals surface area contributed by atoms with Crippen LogP contribution in [0.3, 0.4) is 0 Å². The van der Waals surface area contributed by atoms with Gasteiger partial charge in [0.1, 0.15) is 13.2 Å². The number of carbonyl (C=O) groups is 2. The fraction of sp³-hybridized carbons (Fsp3) is 0.480. The van der Waals surface area contributed by atoms with Crippen molar-refractivity contribution in [3.8, 4) is 17.4 Å². The molecular weight excluding hydrogens is 516 g/mol. The van der Waals surface area contributed by atoms with Crippen molar-refractivity contribution in [1.82, 2.24) is 24.7 Å². The first kappa shape index (κ1) is 30.6. The lowest BCUT2D eigenvalue weighted by Gasteiger charge is -2.25. The van der Waals surface area contributed by atoms with Crippen LogP contribution in [0.2, 0.25) is 0 Å². The van der Waals surface area contributed by atoms with Gasteiger partial charge in [-0.3, -0.25) is 9.79 Å². The summed E-state index contributed by atoms with van der Waals surface area (Å²) in [4.78, 5) is 29.6. The smallest absolute Gasteiger partial charge is 0.413 e. The Morgan fingerprint density at radius 2 is 1.89 bits per heavy atom. The SMILES string of the molecule is CCNC(=O)Oc1cc(C)c2nn(CC(=O)c3cc(OCCO)c(OC)c(C(C)(C)C)c3)/c(=N\C)n2n1.Cl. The fourth-order valence-electron chi connectivity index (χ4n) is 3.78. The molecule has 0 spiro atoms. The van der Waals surface area contributed by atoms with Crippen molar-refractivity contribution < 1.29 is 28.9 Å². The zero-order valence-electron chi connectivity index (χ0n) is 22.7. The number of halogens is 1. The van der Waals surface area contributed by atoms with Crippen molar-refractivity contribution in [3.05, 3.63) is 40.5 Å². The van der Waals surface area contributed by atoms with Crippen LogP contribution in [-0.2, 0) is 12.0 Å². The monoisotopic (exact) mass is 550 g/mol. The van der Waals surface area contributed by atoms with Crippen LogP contribution in [0.4, 0.5) is 4.79 Å². The molecule has 0 aliphatic heterocycles. The highest BCUT2D eigenvalue weighted by Gasteiger charge is 2.25. The van der Waals surface area contributed by atoms with Crippen LogP contribution in [0.1, 0.15) is 49.2 Å². The molecule has 208 valence electrons. The minimum atomic E-state index is -0.625. The van der Waals surface area contributed by atoms with Crippen molar-refractivity contribution in [1.29, 1.82) is 0 Å². The summed E-state index contributed by atoms with van der Waals surface area (Å²) in [6, 6.07) is 4.98. The van der Waals surface area contributed by atoms with Gasteiger partial charge < -0.3 is 24.6 Å². The summed E-state index contributed by atoms with van der Waals surface area (Å²) in [5.74, 6) is 0.725. The lowest BCUT2D eigenvalue weighted by Crippen LogP contribution is -2.29. The van der Waals surface area contributed by atoms with E-state index in [0.717, 1.165) is 5.56 Å². The Morgan fingerprint density at radius 3 is 2.47 bits per heavy atom. The van der Waals surface area contributed by atoms with Crippen molar-refractivity contribution in [2.24, 2.45) is 4.99 Å². The largest absolute Gasteiger partial charge is 0.493 e. The number of ketones is 1. The summed E-state index contributed by atoms with van der Waals surface area (Å²) in [5.41, 5.74) is 2.29. The van der Waals surface area contributed by atoms with Crippen LogP contribution in [0.25, 0.3) is 5.65 Å². The number of aliphatic hydroxyl groups excluding tert-OH is 1. The molecule has 1 amide bonds. The van der Waals surface area contributed by atoms with E-state index in [9.17, 15) is 14.7 Å². The minimum Gasteiger partial charge on any atom is -0.493 e. The molecule has 1 aromatic carbocycles. The maximum absolute atomic E-state index is 13.5. The summed E-state index contributed by atoms with van der Waals surface area (Å²) in [7, 11) is 3.10. The number of nitrogens with one attached hydrogen (secondary N) is 1. The Bertz CT molecular complexity index is 1380. The first-order valence-electron chi connectivity index (χ1n) is 11.9. The molecule has 0 saturated heterocycles. The van der Waals surface area contributed by atoms with E-state index in [1.54, 1.807) is 46.2 Å². The third kappa shape index (κ3) is 6.62. The number of nitrogens with zero attached hydrogens (tertiary/aromatic N) is 5. The second-order valence-corrected chi connectivity index (χ2v) is 9.30. The highest BCUT2D eigenvalue weighted by molar-refractivity contribution is 5.97. The van der Waals surface area contributed by atoms with Gasteiger partial charge >= 0.3 is 6.09 Å². The molecule has 12 nitrogen and oxygen atoms in total. The Morgan fingerprint density at radius 1 is 1.18 bits per heavy atom. The molecule has 0 radical (unpaired) electrons. The Labute approximate surface area is 227 Å². The zero-order chi connectivity index (χ0) is 27.3. The van der Waals surface area contributed by atoms with Gasteiger partial charge in [-0.1, -0.05) is 20.8 Å². The summed E-state index contributed by atoms with van der Waals surface area (Å²) < 4.78 is 19.4. The van der Waals surface area contributed by atoms with Crippen LogP contribution >= 0.6 is 12.4 Å². The predicted molar refractivity (Wildman–Crippen MR) is 143 cm³/mol. The molecule has 2 N–H and O–H groups in total. The lowest BCUT2D eigenvalue weighted by molar-refractivity contribution is 0.0965. The molecule has 3 aromatic rings. The van der Waals surface area contributed by atoms with E-state index in [1.165, 1.54) is 9.20 Å². The van der Waals surface area contributed by atoms with Crippen LogP contribution in [0, 0.1) is 6.92 Å². The molecule has 2 aromatic heterocycles. The number of aryl methyl sites for hydroxylation is 1. The van der Waals surface area contributed by atoms with Crippen molar-refractivity contribution in [2.75, 3.05) is 33.9 Å². The second kappa shape index (κ2) is 12.7. The van der Waals surface area contributed by atoms with Gasteiger partial charge in [-0.25, -0.2) is 9.48 Å². The average molecular weight is 551 g/mol. The molecule has 0 fully saturated rings. The van der Waals surface area contributed by atoms with Crippen LogP contribution in [0.5, 0.6) is 17.4 Å². The van der Waals surface area contributed by atoms with Gasteiger partial charge in [0.2, 0.25) is 11.5 Å². The molecule has 0 unspecified atom stereocenters. The summed E-state index contributed by atoms with van der Waals surface area (Å²) in [6.45, 7) is 9.77. The first-order valence-corrected chi connectivity index (χ1v) is 11.9.